The van der Waals surface area contributed by atoms with Crippen molar-refractivity contribution < 1.29 is 14.3 Å². The topological polar surface area (TPSA) is 80.3 Å². The zero-order valence-electron chi connectivity index (χ0n) is 12.2. The summed E-state index contributed by atoms with van der Waals surface area (Å²) in [5, 5.41) is 9.80. The van der Waals surface area contributed by atoms with Crippen LogP contribution in [0.3, 0.4) is 0 Å². The van der Waals surface area contributed by atoms with Crippen LogP contribution in [-0.2, 0) is 4.79 Å². The quantitative estimate of drug-likeness (QED) is 0.752. The number of amides is 2. The van der Waals surface area contributed by atoms with Crippen LogP contribution in [-0.4, -0.2) is 23.4 Å². The molecule has 0 saturated heterocycles. The maximum atomic E-state index is 12.1. The maximum absolute atomic E-state index is 12.1. The fraction of sp³-hybridized carbons (Fsp3) is 0.0625. The molecule has 8 heteroatoms. The third kappa shape index (κ3) is 2.89. The Morgan fingerprint density at radius 3 is 3.04 bits per heavy atom. The highest BCUT2D eigenvalue weighted by Gasteiger charge is 2.17. The van der Waals surface area contributed by atoms with Crippen LogP contribution in [0.4, 0.5) is 10.8 Å². The smallest absolute Gasteiger partial charge is 0.267 e. The summed E-state index contributed by atoms with van der Waals surface area (Å²) in [5.74, 6) is 0.290. The molecule has 0 fully saturated rings. The summed E-state index contributed by atoms with van der Waals surface area (Å²) in [6.07, 6.45) is 0. The number of thiophene rings is 1. The summed E-state index contributed by atoms with van der Waals surface area (Å²) in [5.41, 5.74) is 2.19. The fourth-order valence-electron chi connectivity index (χ4n) is 2.27. The van der Waals surface area contributed by atoms with Gasteiger partial charge in [-0.25, -0.2) is 4.98 Å². The molecular formula is C16H11N3O3S2. The second kappa shape index (κ2) is 6.06. The lowest BCUT2D eigenvalue weighted by Crippen LogP contribution is -2.25. The molecule has 3 heterocycles. The summed E-state index contributed by atoms with van der Waals surface area (Å²) < 4.78 is 5.34. The van der Waals surface area contributed by atoms with Crippen molar-refractivity contribution in [2.75, 3.05) is 17.2 Å². The molecule has 0 radical (unpaired) electrons. The summed E-state index contributed by atoms with van der Waals surface area (Å²) >= 11 is 2.73. The zero-order valence-corrected chi connectivity index (χ0v) is 13.9. The van der Waals surface area contributed by atoms with Crippen molar-refractivity contribution in [3.05, 3.63) is 46.0 Å². The Morgan fingerprint density at radius 2 is 2.21 bits per heavy atom. The number of nitrogens with zero attached hydrogens (tertiary/aromatic N) is 1. The van der Waals surface area contributed by atoms with Crippen LogP contribution in [0.2, 0.25) is 0 Å². The number of hydrogen-bond acceptors (Lipinski definition) is 6. The predicted octanol–water partition coefficient (Wildman–Crippen LogP) is 3.45. The van der Waals surface area contributed by atoms with Gasteiger partial charge in [0, 0.05) is 10.9 Å². The average Bonchev–Trinajstić information content (AvgIpc) is 3.26. The Labute approximate surface area is 145 Å². The monoisotopic (exact) mass is 357 g/mol. The van der Waals surface area contributed by atoms with Crippen molar-refractivity contribution in [1.29, 1.82) is 0 Å². The molecule has 0 aliphatic carbocycles. The number of anilines is 2. The molecule has 24 heavy (non-hydrogen) atoms. The molecule has 0 unspecified atom stereocenters. The lowest BCUT2D eigenvalue weighted by Gasteiger charge is -2.18. The SMILES string of the molecule is O=C1COc2ccc(-c3csc(NC(=O)c4cccs4)n3)cc2N1. The highest BCUT2D eigenvalue weighted by molar-refractivity contribution is 7.14. The van der Waals surface area contributed by atoms with E-state index in [2.05, 4.69) is 15.6 Å². The number of carbonyl (C=O) groups excluding carboxylic acids is 2. The van der Waals surface area contributed by atoms with Crippen molar-refractivity contribution >= 4 is 45.3 Å². The third-order valence-corrected chi connectivity index (χ3v) is 5.00. The second-order valence-corrected chi connectivity index (χ2v) is 6.82. The average molecular weight is 357 g/mol. The van der Waals surface area contributed by atoms with E-state index < -0.39 is 0 Å². The van der Waals surface area contributed by atoms with E-state index in [1.807, 2.05) is 29.0 Å². The first-order chi connectivity index (χ1) is 11.7. The van der Waals surface area contributed by atoms with E-state index in [0.717, 1.165) is 11.3 Å². The van der Waals surface area contributed by atoms with E-state index in [4.69, 9.17) is 4.74 Å². The van der Waals surface area contributed by atoms with Crippen LogP contribution in [0.5, 0.6) is 5.75 Å². The van der Waals surface area contributed by atoms with E-state index in [-0.39, 0.29) is 18.4 Å². The van der Waals surface area contributed by atoms with E-state index in [1.165, 1.54) is 22.7 Å². The lowest BCUT2D eigenvalue weighted by atomic mass is 10.1. The number of aromatic nitrogens is 1. The van der Waals surface area contributed by atoms with Gasteiger partial charge in [-0.15, -0.1) is 22.7 Å². The molecule has 0 atom stereocenters. The largest absolute Gasteiger partial charge is 0.482 e. The standard InChI is InChI=1S/C16H11N3O3S2/c20-14-7-22-12-4-3-9(6-10(12)17-14)11-8-24-16(18-11)19-15(21)13-2-1-5-23-13/h1-6,8H,7H2,(H,17,20)(H,18,19,21). The molecule has 4 rings (SSSR count). The van der Waals surface area contributed by atoms with Gasteiger partial charge in [-0.05, 0) is 29.6 Å². The van der Waals surface area contributed by atoms with Gasteiger partial charge < -0.3 is 10.1 Å². The Hall–Kier alpha value is -2.71. The van der Waals surface area contributed by atoms with E-state index in [1.54, 1.807) is 12.1 Å². The van der Waals surface area contributed by atoms with Gasteiger partial charge in [0.25, 0.3) is 11.8 Å². The number of nitrogens with one attached hydrogen (secondary N) is 2. The third-order valence-electron chi connectivity index (χ3n) is 3.38. The number of benzene rings is 1. The van der Waals surface area contributed by atoms with Gasteiger partial charge in [0.2, 0.25) is 0 Å². The molecule has 2 amide bonds. The minimum absolute atomic E-state index is 0.0297. The number of carbonyl (C=O) groups is 2. The Balaban J connectivity index is 1.55. The maximum Gasteiger partial charge on any atom is 0.267 e. The molecule has 6 nitrogen and oxygen atoms in total. The van der Waals surface area contributed by atoms with Crippen molar-refractivity contribution in [2.24, 2.45) is 0 Å². The molecular weight excluding hydrogens is 346 g/mol. The summed E-state index contributed by atoms with van der Waals surface area (Å²) in [7, 11) is 0. The van der Waals surface area contributed by atoms with Crippen LogP contribution in [0.15, 0.2) is 41.1 Å². The minimum atomic E-state index is -0.179. The van der Waals surface area contributed by atoms with Crippen LogP contribution in [0.25, 0.3) is 11.3 Å². The Morgan fingerprint density at radius 1 is 1.29 bits per heavy atom. The van der Waals surface area contributed by atoms with Crippen LogP contribution in [0.1, 0.15) is 9.67 Å². The van der Waals surface area contributed by atoms with E-state index in [0.29, 0.717) is 21.4 Å². The Bertz CT molecular complexity index is 919. The molecule has 0 bridgehead atoms. The van der Waals surface area contributed by atoms with Gasteiger partial charge in [0.1, 0.15) is 5.75 Å². The van der Waals surface area contributed by atoms with Crippen molar-refractivity contribution in [3.8, 4) is 17.0 Å². The van der Waals surface area contributed by atoms with Gasteiger partial charge in [0.05, 0.1) is 16.3 Å². The van der Waals surface area contributed by atoms with Crippen LogP contribution < -0.4 is 15.4 Å². The highest BCUT2D eigenvalue weighted by Crippen LogP contribution is 2.33. The van der Waals surface area contributed by atoms with Gasteiger partial charge in [-0.1, -0.05) is 6.07 Å². The van der Waals surface area contributed by atoms with Gasteiger partial charge in [-0.3, -0.25) is 14.9 Å². The molecule has 0 saturated carbocycles. The molecule has 2 aromatic heterocycles. The van der Waals surface area contributed by atoms with Gasteiger partial charge in [-0.2, -0.15) is 0 Å². The van der Waals surface area contributed by atoms with E-state index >= 15 is 0 Å². The molecule has 1 aliphatic heterocycles. The molecule has 2 N–H and O–H groups in total. The van der Waals surface area contributed by atoms with Crippen molar-refractivity contribution in [3.63, 3.8) is 0 Å². The minimum Gasteiger partial charge on any atom is -0.482 e. The summed E-state index contributed by atoms with van der Waals surface area (Å²) in [6.45, 7) is 0.0297. The fourth-order valence-corrected chi connectivity index (χ4v) is 3.61. The number of ether oxygens (including phenoxy) is 1. The second-order valence-electron chi connectivity index (χ2n) is 5.02. The molecule has 3 aromatic rings. The zero-order chi connectivity index (χ0) is 16.5. The summed E-state index contributed by atoms with van der Waals surface area (Å²) in [4.78, 5) is 28.5. The number of hydrogen-bond donors (Lipinski definition) is 2. The predicted molar refractivity (Wildman–Crippen MR) is 93.9 cm³/mol. The van der Waals surface area contributed by atoms with Gasteiger partial charge in [0.15, 0.2) is 11.7 Å². The van der Waals surface area contributed by atoms with Crippen molar-refractivity contribution in [1.82, 2.24) is 4.98 Å². The number of fused-ring (bicyclic) bond motifs is 1. The Kier molecular flexibility index (Phi) is 3.75. The normalized spacial score (nSPS) is 12.9. The first-order valence-electron chi connectivity index (χ1n) is 7.06. The molecule has 120 valence electrons. The number of rotatable bonds is 3. The lowest BCUT2D eigenvalue weighted by molar-refractivity contribution is -0.118. The highest BCUT2D eigenvalue weighted by atomic mass is 32.1. The van der Waals surface area contributed by atoms with Crippen LogP contribution in [0, 0.1) is 0 Å². The molecule has 1 aliphatic rings. The van der Waals surface area contributed by atoms with Gasteiger partial charge >= 0.3 is 0 Å². The number of thiazole rings is 1. The van der Waals surface area contributed by atoms with Crippen LogP contribution >= 0.6 is 22.7 Å². The first kappa shape index (κ1) is 14.9. The van der Waals surface area contributed by atoms with Crippen molar-refractivity contribution in [2.45, 2.75) is 0 Å². The molecule has 1 aromatic carbocycles. The summed E-state index contributed by atoms with van der Waals surface area (Å²) in [6, 6.07) is 9.08. The van der Waals surface area contributed by atoms with E-state index in [9.17, 15) is 9.59 Å². The first-order valence-corrected chi connectivity index (χ1v) is 8.82. The molecule has 0 spiro atoms.